The molecule has 0 radical (unpaired) electrons. The van der Waals surface area contributed by atoms with Crippen molar-refractivity contribution in [2.75, 3.05) is 25.3 Å². The highest BCUT2D eigenvalue weighted by Crippen LogP contribution is 2.34. The quantitative estimate of drug-likeness (QED) is 0.731. The van der Waals surface area contributed by atoms with Crippen molar-refractivity contribution in [3.8, 4) is 11.5 Å². The first-order valence-electron chi connectivity index (χ1n) is 6.24. The molecule has 2 aromatic rings. The molecule has 6 nitrogen and oxygen atoms in total. The van der Waals surface area contributed by atoms with Crippen LogP contribution in [0.5, 0.6) is 11.5 Å². The Labute approximate surface area is 122 Å². The Morgan fingerprint density at radius 2 is 1.86 bits per heavy atom. The van der Waals surface area contributed by atoms with Gasteiger partial charge in [0, 0.05) is 6.07 Å². The molecule has 0 spiro atoms. The van der Waals surface area contributed by atoms with Crippen LogP contribution in [0.15, 0.2) is 36.4 Å². The van der Waals surface area contributed by atoms with Gasteiger partial charge in [-0.2, -0.15) is 0 Å². The van der Waals surface area contributed by atoms with Crippen LogP contribution >= 0.6 is 0 Å². The topological polar surface area (TPSA) is 99.6 Å². The van der Waals surface area contributed by atoms with Gasteiger partial charge in [0.15, 0.2) is 0 Å². The number of carbonyl (C=O) groups is 1. The van der Waals surface area contributed by atoms with E-state index in [1.54, 1.807) is 50.6 Å². The molecular formula is C15H17N3O3. The first kappa shape index (κ1) is 14.5. The summed E-state index contributed by atoms with van der Waals surface area (Å²) < 4.78 is 10.5. The Morgan fingerprint density at radius 1 is 1.10 bits per heavy atom. The van der Waals surface area contributed by atoms with Crippen LogP contribution in [0.3, 0.4) is 0 Å². The highest BCUT2D eigenvalue weighted by Gasteiger charge is 2.12. The van der Waals surface area contributed by atoms with Gasteiger partial charge in [0.1, 0.15) is 11.5 Å². The van der Waals surface area contributed by atoms with E-state index in [4.69, 9.17) is 20.9 Å². The predicted molar refractivity (Wildman–Crippen MR) is 82.2 cm³/mol. The third-order valence-corrected chi connectivity index (χ3v) is 3.05. The van der Waals surface area contributed by atoms with Gasteiger partial charge in [-0.15, -0.1) is 0 Å². The van der Waals surface area contributed by atoms with Gasteiger partial charge >= 0.3 is 0 Å². The summed E-state index contributed by atoms with van der Waals surface area (Å²) in [5, 5.41) is 3.12. The number of hydrogen-bond donors (Lipinski definition) is 3. The number of para-hydroxylation sites is 1. The van der Waals surface area contributed by atoms with Crippen LogP contribution in [-0.4, -0.2) is 20.1 Å². The van der Waals surface area contributed by atoms with Crippen molar-refractivity contribution in [2.24, 2.45) is 5.73 Å². The molecule has 0 saturated carbocycles. The van der Waals surface area contributed by atoms with Gasteiger partial charge in [0.2, 0.25) is 0 Å². The van der Waals surface area contributed by atoms with Crippen LogP contribution in [0.2, 0.25) is 0 Å². The zero-order valence-electron chi connectivity index (χ0n) is 11.8. The lowest BCUT2D eigenvalue weighted by atomic mass is 10.1. The SMILES string of the molecule is COc1ccc(OC)c(Nc2cccc(C(N)=O)c2N)c1. The van der Waals surface area contributed by atoms with Gasteiger partial charge < -0.3 is 26.3 Å². The summed E-state index contributed by atoms with van der Waals surface area (Å²) in [5.41, 5.74) is 13.0. The van der Waals surface area contributed by atoms with E-state index in [2.05, 4.69) is 5.32 Å². The fourth-order valence-corrected chi connectivity index (χ4v) is 1.95. The second kappa shape index (κ2) is 6.04. The number of nitrogens with one attached hydrogen (secondary N) is 1. The Bertz CT molecular complexity index is 671. The van der Waals surface area contributed by atoms with Gasteiger partial charge in [-0.3, -0.25) is 4.79 Å². The highest BCUT2D eigenvalue weighted by molar-refractivity contribution is 6.01. The van der Waals surface area contributed by atoms with E-state index in [0.717, 1.165) is 0 Å². The van der Waals surface area contributed by atoms with Crippen LogP contribution in [0, 0.1) is 0 Å². The third-order valence-electron chi connectivity index (χ3n) is 3.05. The first-order valence-corrected chi connectivity index (χ1v) is 6.24. The lowest BCUT2D eigenvalue weighted by Crippen LogP contribution is -2.14. The zero-order chi connectivity index (χ0) is 15.4. The van der Waals surface area contributed by atoms with Crippen molar-refractivity contribution >= 4 is 23.0 Å². The lowest BCUT2D eigenvalue weighted by Gasteiger charge is -2.15. The van der Waals surface area contributed by atoms with Crippen LogP contribution in [0.1, 0.15) is 10.4 Å². The van der Waals surface area contributed by atoms with E-state index in [-0.39, 0.29) is 11.3 Å². The number of nitrogen functional groups attached to an aromatic ring is 1. The zero-order valence-corrected chi connectivity index (χ0v) is 11.8. The fourth-order valence-electron chi connectivity index (χ4n) is 1.95. The number of benzene rings is 2. The minimum Gasteiger partial charge on any atom is -0.497 e. The monoisotopic (exact) mass is 287 g/mol. The molecule has 5 N–H and O–H groups in total. The summed E-state index contributed by atoms with van der Waals surface area (Å²) in [5.74, 6) is 0.719. The molecule has 6 heteroatoms. The number of nitrogens with two attached hydrogens (primary N) is 2. The number of ether oxygens (including phenoxy) is 2. The highest BCUT2D eigenvalue weighted by atomic mass is 16.5. The minimum atomic E-state index is -0.575. The molecule has 110 valence electrons. The molecule has 0 aromatic heterocycles. The maximum Gasteiger partial charge on any atom is 0.250 e. The van der Waals surface area contributed by atoms with Gasteiger partial charge in [-0.25, -0.2) is 0 Å². The molecule has 0 aliphatic rings. The maximum atomic E-state index is 11.3. The van der Waals surface area contributed by atoms with E-state index in [9.17, 15) is 4.79 Å². The average Bonchev–Trinajstić information content (AvgIpc) is 2.49. The summed E-state index contributed by atoms with van der Waals surface area (Å²) in [6.45, 7) is 0. The fraction of sp³-hybridized carbons (Fsp3) is 0.133. The number of amides is 1. The van der Waals surface area contributed by atoms with Crippen LogP contribution in [0.4, 0.5) is 17.1 Å². The summed E-state index contributed by atoms with van der Waals surface area (Å²) in [7, 11) is 3.14. The minimum absolute atomic E-state index is 0.266. The second-order valence-corrected chi connectivity index (χ2v) is 4.32. The molecular weight excluding hydrogens is 270 g/mol. The molecule has 0 atom stereocenters. The van der Waals surface area contributed by atoms with Gasteiger partial charge in [0.25, 0.3) is 5.91 Å². The number of methoxy groups -OCH3 is 2. The smallest absolute Gasteiger partial charge is 0.250 e. The molecule has 2 aromatic carbocycles. The number of rotatable bonds is 5. The van der Waals surface area contributed by atoms with E-state index in [1.165, 1.54) is 0 Å². The largest absolute Gasteiger partial charge is 0.497 e. The van der Waals surface area contributed by atoms with Gasteiger partial charge in [-0.1, -0.05) is 6.07 Å². The number of anilines is 3. The number of primary amides is 1. The van der Waals surface area contributed by atoms with Crippen LogP contribution in [0.25, 0.3) is 0 Å². The predicted octanol–water partition coefficient (Wildman–Crippen LogP) is 2.13. The molecule has 0 aliphatic carbocycles. The molecule has 0 heterocycles. The molecule has 0 saturated heterocycles. The van der Waals surface area contributed by atoms with Crippen molar-refractivity contribution < 1.29 is 14.3 Å². The normalized spacial score (nSPS) is 10.0. The molecule has 0 aliphatic heterocycles. The number of carbonyl (C=O) groups excluding carboxylic acids is 1. The Kier molecular flexibility index (Phi) is 4.18. The van der Waals surface area contributed by atoms with E-state index in [0.29, 0.717) is 22.9 Å². The standard InChI is InChI=1S/C15H17N3O3/c1-20-9-6-7-13(21-2)12(8-9)18-11-5-3-4-10(14(11)16)15(17)19/h3-8,18H,16H2,1-2H3,(H2,17,19). The van der Waals surface area contributed by atoms with Crippen LogP contribution in [-0.2, 0) is 0 Å². The molecule has 0 unspecified atom stereocenters. The van der Waals surface area contributed by atoms with Crippen molar-refractivity contribution in [1.82, 2.24) is 0 Å². The number of hydrogen-bond acceptors (Lipinski definition) is 5. The van der Waals surface area contributed by atoms with Crippen molar-refractivity contribution in [3.05, 3.63) is 42.0 Å². The molecule has 21 heavy (non-hydrogen) atoms. The summed E-state index contributed by atoms with van der Waals surface area (Å²) >= 11 is 0. The van der Waals surface area contributed by atoms with Crippen LogP contribution < -0.4 is 26.3 Å². The summed E-state index contributed by atoms with van der Waals surface area (Å²) in [6.07, 6.45) is 0. The van der Waals surface area contributed by atoms with Crippen molar-refractivity contribution in [1.29, 1.82) is 0 Å². The Hall–Kier alpha value is -2.89. The molecule has 0 bridgehead atoms. The first-order chi connectivity index (χ1) is 10.1. The molecule has 2 rings (SSSR count). The Balaban J connectivity index is 2.42. The molecule has 0 fully saturated rings. The summed E-state index contributed by atoms with van der Waals surface area (Å²) in [6, 6.07) is 10.4. The third kappa shape index (κ3) is 3.00. The second-order valence-electron chi connectivity index (χ2n) is 4.32. The van der Waals surface area contributed by atoms with Gasteiger partial charge in [-0.05, 0) is 24.3 Å². The lowest BCUT2D eigenvalue weighted by molar-refractivity contribution is 0.100. The van der Waals surface area contributed by atoms with E-state index >= 15 is 0 Å². The van der Waals surface area contributed by atoms with Crippen molar-refractivity contribution in [2.45, 2.75) is 0 Å². The Morgan fingerprint density at radius 3 is 2.48 bits per heavy atom. The average molecular weight is 287 g/mol. The van der Waals surface area contributed by atoms with Gasteiger partial charge in [0.05, 0.1) is 36.8 Å². The van der Waals surface area contributed by atoms with Crippen molar-refractivity contribution in [3.63, 3.8) is 0 Å². The summed E-state index contributed by atoms with van der Waals surface area (Å²) in [4.78, 5) is 11.3. The van der Waals surface area contributed by atoms with E-state index in [1.807, 2.05) is 0 Å². The van der Waals surface area contributed by atoms with E-state index < -0.39 is 5.91 Å². The molecule has 1 amide bonds. The maximum absolute atomic E-state index is 11.3.